The fourth-order valence-electron chi connectivity index (χ4n) is 5.32. The van der Waals surface area contributed by atoms with Crippen LogP contribution in [0.25, 0.3) is 11.1 Å². The summed E-state index contributed by atoms with van der Waals surface area (Å²) in [6, 6.07) is 22.7. The zero-order valence-electron chi connectivity index (χ0n) is 24.2. The van der Waals surface area contributed by atoms with Crippen molar-refractivity contribution in [3.63, 3.8) is 0 Å². The van der Waals surface area contributed by atoms with Crippen molar-refractivity contribution in [3.05, 3.63) is 89.5 Å². The van der Waals surface area contributed by atoms with Gasteiger partial charge < -0.3 is 15.2 Å². The molecule has 0 saturated carbocycles. The average molecular weight is 611 g/mol. The second kappa shape index (κ2) is 14.3. The lowest BCUT2D eigenvalue weighted by molar-refractivity contribution is -0.139. The van der Waals surface area contributed by atoms with Gasteiger partial charge in [0.25, 0.3) is 5.91 Å². The van der Waals surface area contributed by atoms with Gasteiger partial charge in [0, 0.05) is 48.2 Å². The number of thioether (sulfide) groups is 1. The number of sulfone groups is 1. The van der Waals surface area contributed by atoms with Gasteiger partial charge in [-0.25, -0.2) is 13.2 Å². The molecule has 1 fully saturated rings. The van der Waals surface area contributed by atoms with E-state index in [2.05, 4.69) is 34.5 Å². The zero-order chi connectivity index (χ0) is 30.3. The minimum Gasteiger partial charge on any atom is -0.480 e. The molecule has 0 spiro atoms. The Morgan fingerprint density at radius 2 is 1.79 bits per heavy atom. The van der Waals surface area contributed by atoms with Gasteiger partial charge in [-0.2, -0.15) is 0 Å². The van der Waals surface area contributed by atoms with Gasteiger partial charge in [0.2, 0.25) is 0 Å². The Morgan fingerprint density at radius 1 is 1.07 bits per heavy atom. The molecule has 3 aromatic rings. The fourth-order valence-corrected chi connectivity index (χ4v) is 7.27. The summed E-state index contributed by atoms with van der Waals surface area (Å²) in [6.07, 6.45) is 1.83. The van der Waals surface area contributed by atoms with Crippen molar-refractivity contribution in [2.24, 2.45) is 0 Å². The van der Waals surface area contributed by atoms with Crippen LogP contribution in [-0.4, -0.2) is 79.9 Å². The first-order chi connectivity index (χ1) is 20.0. The molecule has 10 heteroatoms. The first-order valence-electron chi connectivity index (χ1n) is 13.9. The number of carboxylic acid groups (broad SMARTS) is 1. The average Bonchev–Trinajstić information content (AvgIpc) is 3.31. The Kier molecular flexibility index (Phi) is 10.8. The molecular formula is C32H38N2O6S2. The van der Waals surface area contributed by atoms with Gasteiger partial charge in [-0.15, -0.1) is 11.8 Å². The minimum atomic E-state index is -3.39. The van der Waals surface area contributed by atoms with E-state index in [-0.39, 0.29) is 18.2 Å². The van der Waals surface area contributed by atoms with E-state index in [1.54, 1.807) is 13.2 Å². The van der Waals surface area contributed by atoms with Gasteiger partial charge in [-0.05, 0) is 66.3 Å². The third-order valence-electron chi connectivity index (χ3n) is 7.42. The molecular weight excluding hydrogens is 572 g/mol. The van der Waals surface area contributed by atoms with Crippen LogP contribution < -0.4 is 5.32 Å². The second-order valence-corrected chi connectivity index (χ2v) is 14.4. The molecule has 8 nitrogen and oxygen atoms in total. The number of nitrogens with zero attached hydrogens (tertiary/aromatic N) is 1. The normalized spacial score (nSPS) is 18.1. The smallest absolute Gasteiger partial charge is 0.326 e. The highest BCUT2D eigenvalue weighted by molar-refractivity contribution is 8.00. The summed E-state index contributed by atoms with van der Waals surface area (Å²) < 4.78 is 28.8. The number of rotatable bonds is 13. The summed E-state index contributed by atoms with van der Waals surface area (Å²) >= 11 is 1.88. The Bertz CT molecular complexity index is 1500. The van der Waals surface area contributed by atoms with Crippen LogP contribution in [0.1, 0.15) is 34.3 Å². The largest absolute Gasteiger partial charge is 0.480 e. The Labute approximate surface area is 252 Å². The number of carbonyl (C=O) groups is 2. The van der Waals surface area contributed by atoms with Gasteiger partial charge >= 0.3 is 5.97 Å². The zero-order valence-corrected chi connectivity index (χ0v) is 25.8. The summed E-state index contributed by atoms with van der Waals surface area (Å²) in [5.74, 6) is -2.17. The van der Waals surface area contributed by atoms with Crippen molar-refractivity contribution in [3.8, 4) is 11.1 Å². The molecule has 0 bridgehead atoms. The standard InChI is InChI=1S/C32H38N2O6S2/c1-22-9-7-8-12-27(22)29-17-23(13-14-28(29)31(35)33-30(32(36)37)15-16-42(3,38)39)19-34-20-26(18-24(34)21-40-2)41-25-10-5-4-6-11-25/h4-14,17,24,26,30H,15-16,18-21H2,1-3H3,(H,33,35)(H,36,37)/t24-,26-,30-/m0/s1. The molecule has 2 N–H and O–H groups in total. The summed E-state index contributed by atoms with van der Waals surface area (Å²) in [5.41, 5.74) is 3.93. The number of ether oxygens (including phenoxy) is 1. The van der Waals surface area contributed by atoms with Gasteiger partial charge in [-0.3, -0.25) is 9.69 Å². The monoisotopic (exact) mass is 610 g/mol. The third-order valence-corrected chi connectivity index (χ3v) is 9.62. The number of methoxy groups -OCH3 is 1. The van der Waals surface area contributed by atoms with E-state index >= 15 is 0 Å². The number of benzene rings is 3. The molecule has 3 aromatic carbocycles. The van der Waals surface area contributed by atoms with E-state index in [9.17, 15) is 23.1 Å². The first kappa shape index (κ1) is 31.7. The topological polar surface area (TPSA) is 113 Å². The molecule has 4 rings (SSSR count). The van der Waals surface area contributed by atoms with E-state index in [0.29, 0.717) is 29.5 Å². The SMILES string of the molecule is COC[C@@H]1C[C@H](Sc2ccccc2)CN1Cc1ccc(C(=O)N[C@@H](CCS(C)(=O)=O)C(=O)O)c(-c2ccccc2C)c1. The Balaban J connectivity index is 1.60. The lowest BCUT2D eigenvalue weighted by atomic mass is 9.93. The van der Waals surface area contributed by atoms with Crippen LogP contribution in [0, 0.1) is 6.92 Å². The second-order valence-electron chi connectivity index (χ2n) is 10.8. The van der Waals surface area contributed by atoms with Crippen LogP contribution in [0.2, 0.25) is 0 Å². The van der Waals surface area contributed by atoms with E-state index in [4.69, 9.17) is 4.74 Å². The highest BCUT2D eigenvalue weighted by atomic mass is 32.2. The number of aryl methyl sites for hydroxylation is 1. The lowest BCUT2D eigenvalue weighted by Gasteiger charge is -2.24. The number of hydrogen-bond acceptors (Lipinski definition) is 7. The van der Waals surface area contributed by atoms with Gasteiger partial charge in [0.1, 0.15) is 15.9 Å². The molecule has 1 aliphatic heterocycles. The molecule has 0 aliphatic carbocycles. The summed E-state index contributed by atoms with van der Waals surface area (Å²) in [6.45, 7) is 4.17. The summed E-state index contributed by atoms with van der Waals surface area (Å²) in [7, 11) is -1.67. The number of carbonyl (C=O) groups excluding carboxylic acids is 1. The molecule has 1 amide bonds. The number of aliphatic carboxylic acids is 1. The molecule has 1 aliphatic rings. The maximum Gasteiger partial charge on any atom is 0.326 e. The van der Waals surface area contributed by atoms with Gasteiger partial charge in [-0.1, -0.05) is 48.5 Å². The van der Waals surface area contributed by atoms with Crippen LogP contribution >= 0.6 is 11.8 Å². The summed E-state index contributed by atoms with van der Waals surface area (Å²) in [4.78, 5) is 29.0. The number of likely N-dealkylation sites (tertiary alicyclic amines) is 1. The van der Waals surface area contributed by atoms with Crippen molar-refractivity contribution in [1.29, 1.82) is 0 Å². The van der Waals surface area contributed by atoms with Gasteiger partial charge in [0.05, 0.1) is 12.4 Å². The Hall–Kier alpha value is -3.18. The molecule has 0 radical (unpaired) electrons. The van der Waals surface area contributed by atoms with E-state index in [0.717, 1.165) is 35.9 Å². The highest BCUT2D eigenvalue weighted by Crippen LogP contribution is 2.35. The van der Waals surface area contributed by atoms with Crippen LogP contribution in [-0.2, 0) is 25.9 Å². The maximum atomic E-state index is 13.4. The molecule has 42 heavy (non-hydrogen) atoms. The number of carboxylic acids is 1. The van der Waals surface area contributed by atoms with Crippen LogP contribution in [0.4, 0.5) is 0 Å². The quantitative estimate of drug-likeness (QED) is 0.287. The molecule has 224 valence electrons. The minimum absolute atomic E-state index is 0.213. The van der Waals surface area contributed by atoms with Gasteiger partial charge in [0.15, 0.2) is 0 Å². The van der Waals surface area contributed by atoms with Crippen molar-refractivity contribution in [2.45, 2.75) is 48.5 Å². The number of amides is 1. The molecule has 1 saturated heterocycles. The van der Waals surface area contributed by atoms with E-state index < -0.39 is 27.8 Å². The highest BCUT2D eigenvalue weighted by Gasteiger charge is 2.33. The summed E-state index contributed by atoms with van der Waals surface area (Å²) in [5, 5.41) is 12.6. The molecule has 3 atom stereocenters. The van der Waals surface area contributed by atoms with Crippen molar-refractivity contribution in [2.75, 3.05) is 32.3 Å². The molecule has 0 unspecified atom stereocenters. The van der Waals surface area contributed by atoms with Crippen LogP contribution in [0.5, 0.6) is 0 Å². The number of nitrogens with one attached hydrogen (secondary N) is 1. The van der Waals surface area contributed by atoms with Crippen molar-refractivity contribution < 1.29 is 27.9 Å². The predicted molar refractivity (Wildman–Crippen MR) is 167 cm³/mol. The lowest BCUT2D eigenvalue weighted by Crippen LogP contribution is -2.42. The van der Waals surface area contributed by atoms with E-state index in [1.807, 2.05) is 61.2 Å². The maximum absolute atomic E-state index is 13.4. The number of hydrogen-bond donors (Lipinski definition) is 2. The Morgan fingerprint density at radius 3 is 2.45 bits per heavy atom. The fraction of sp³-hybridized carbons (Fsp3) is 0.375. The third kappa shape index (κ3) is 8.67. The van der Waals surface area contributed by atoms with Crippen molar-refractivity contribution in [1.82, 2.24) is 10.2 Å². The molecule has 1 heterocycles. The van der Waals surface area contributed by atoms with E-state index in [1.165, 1.54) is 4.90 Å². The molecule has 0 aromatic heterocycles. The van der Waals surface area contributed by atoms with Crippen LogP contribution in [0.15, 0.2) is 77.7 Å². The van der Waals surface area contributed by atoms with Crippen LogP contribution in [0.3, 0.4) is 0 Å². The predicted octanol–water partition coefficient (Wildman–Crippen LogP) is 4.66. The first-order valence-corrected chi connectivity index (χ1v) is 16.8. The van der Waals surface area contributed by atoms with Crippen molar-refractivity contribution >= 4 is 33.5 Å².